The molecule has 0 aliphatic carbocycles. The maximum atomic E-state index is 4.35. The largest absolute Gasteiger partial charge is 0.338 e. The van der Waals surface area contributed by atoms with Crippen molar-refractivity contribution in [2.24, 2.45) is 5.92 Å². The molecule has 2 heterocycles. The molecule has 0 aromatic carbocycles. The van der Waals surface area contributed by atoms with E-state index in [9.17, 15) is 0 Å². The van der Waals surface area contributed by atoms with Crippen LogP contribution in [0, 0.1) is 5.92 Å². The van der Waals surface area contributed by atoms with E-state index < -0.39 is 0 Å². The molecule has 0 N–H and O–H groups in total. The Hall–Kier alpha value is -0.640. The Labute approximate surface area is 99.0 Å². The molecule has 0 spiro atoms. The monoisotopic (exact) mass is 269 g/mol. The highest BCUT2D eigenvalue weighted by molar-refractivity contribution is 9.10. The average Bonchev–Trinajstić information content (AvgIpc) is 2.24. The highest BCUT2D eigenvalue weighted by atomic mass is 79.9. The molecule has 3 nitrogen and oxygen atoms in total. The third kappa shape index (κ3) is 2.30. The number of aromatic nitrogens is 2. The van der Waals surface area contributed by atoms with Crippen molar-refractivity contribution in [2.75, 3.05) is 11.4 Å². The van der Waals surface area contributed by atoms with E-state index in [2.05, 4.69) is 44.6 Å². The second kappa shape index (κ2) is 4.47. The van der Waals surface area contributed by atoms with Gasteiger partial charge in [-0.3, -0.25) is 0 Å². The van der Waals surface area contributed by atoms with Gasteiger partial charge in [0.1, 0.15) is 0 Å². The smallest absolute Gasteiger partial charge is 0.225 e. The summed E-state index contributed by atoms with van der Waals surface area (Å²) < 4.78 is 0.934. The van der Waals surface area contributed by atoms with Gasteiger partial charge < -0.3 is 4.90 Å². The maximum Gasteiger partial charge on any atom is 0.225 e. The standard InChI is InChI=1S/C11H16BrN3/c1-8-4-3-5-15(9(8)2)11-13-6-10(12)7-14-11/h6-9H,3-5H2,1-2H3. The van der Waals surface area contributed by atoms with Gasteiger partial charge in [-0.15, -0.1) is 0 Å². The van der Waals surface area contributed by atoms with Crippen LogP contribution in [0.15, 0.2) is 16.9 Å². The Morgan fingerprint density at radius 2 is 2.00 bits per heavy atom. The van der Waals surface area contributed by atoms with Crippen LogP contribution in [-0.2, 0) is 0 Å². The molecule has 1 aromatic rings. The van der Waals surface area contributed by atoms with E-state index in [4.69, 9.17) is 0 Å². The van der Waals surface area contributed by atoms with Crippen LogP contribution in [0.5, 0.6) is 0 Å². The SMILES string of the molecule is CC1CCCN(c2ncc(Br)cn2)C1C. The van der Waals surface area contributed by atoms with Crippen molar-refractivity contribution in [3.63, 3.8) is 0 Å². The molecule has 4 heteroatoms. The van der Waals surface area contributed by atoms with Crippen molar-refractivity contribution in [3.05, 3.63) is 16.9 Å². The summed E-state index contributed by atoms with van der Waals surface area (Å²) in [5, 5.41) is 0. The summed E-state index contributed by atoms with van der Waals surface area (Å²) in [6.07, 6.45) is 6.18. The zero-order chi connectivity index (χ0) is 10.8. The van der Waals surface area contributed by atoms with Crippen LogP contribution in [0.25, 0.3) is 0 Å². The molecule has 1 saturated heterocycles. The fraction of sp³-hybridized carbons (Fsp3) is 0.636. The fourth-order valence-corrected chi connectivity index (χ4v) is 2.28. The highest BCUT2D eigenvalue weighted by Crippen LogP contribution is 2.26. The van der Waals surface area contributed by atoms with Crippen LogP contribution in [0.3, 0.4) is 0 Å². The van der Waals surface area contributed by atoms with E-state index >= 15 is 0 Å². The first-order chi connectivity index (χ1) is 7.18. The Morgan fingerprint density at radius 3 is 2.67 bits per heavy atom. The molecule has 1 fully saturated rings. The van der Waals surface area contributed by atoms with E-state index in [1.54, 1.807) is 0 Å². The van der Waals surface area contributed by atoms with Gasteiger partial charge in [0.2, 0.25) is 5.95 Å². The van der Waals surface area contributed by atoms with Crippen LogP contribution >= 0.6 is 15.9 Å². The average molecular weight is 270 g/mol. The van der Waals surface area contributed by atoms with Gasteiger partial charge in [0.25, 0.3) is 0 Å². The first-order valence-electron chi connectivity index (χ1n) is 5.42. The Balaban J connectivity index is 2.18. The van der Waals surface area contributed by atoms with Gasteiger partial charge in [-0.2, -0.15) is 0 Å². The lowest BCUT2D eigenvalue weighted by Crippen LogP contribution is -2.43. The lowest BCUT2D eigenvalue weighted by atomic mass is 9.92. The molecule has 1 aliphatic rings. The van der Waals surface area contributed by atoms with E-state index in [1.165, 1.54) is 12.8 Å². The summed E-state index contributed by atoms with van der Waals surface area (Å²) in [6, 6.07) is 0.542. The molecule has 0 saturated carbocycles. The quantitative estimate of drug-likeness (QED) is 0.785. The zero-order valence-corrected chi connectivity index (χ0v) is 10.7. The molecular formula is C11H16BrN3. The minimum atomic E-state index is 0.542. The summed E-state index contributed by atoms with van der Waals surface area (Å²) in [5.74, 6) is 1.59. The molecule has 1 aromatic heterocycles. The van der Waals surface area contributed by atoms with Crippen LogP contribution in [0.2, 0.25) is 0 Å². The second-order valence-electron chi connectivity index (χ2n) is 4.25. The number of hydrogen-bond donors (Lipinski definition) is 0. The number of piperidine rings is 1. The summed E-state index contributed by atoms with van der Waals surface area (Å²) in [4.78, 5) is 11.0. The number of rotatable bonds is 1. The molecule has 2 rings (SSSR count). The second-order valence-corrected chi connectivity index (χ2v) is 5.17. The van der Waals surface area contributed by atoms with Gasteiger partial charge in [-0.25, -0.2) is 9.97 Å². The van der Waals surface area contributed by atoms with Gasteiger partial charge in [0, 0.05) is 25.0 Å². The number of hydrogen-bond acceptors (Lipinski definition) is 3. The minimum Gasteiger partial charge on any atom is -0.338 e. The van der Waals surface area contributed by atoms with Crippen molar-refractivity contribution < 1.29 is 0 Å². The van der Waals surface area contributed by atoms with Gasteiger partial charge in [0.05, 0.1) is 4.47 Å². The van der Waals surface area contributed by atoms with Gasteiger partial charge in [-0.05, 0) is 41.6 Å². The number of halogens is 1. The third-order valence-electron chi connectivity index (χ3n) is 3.24. The maximum absolute atomic E-state index is 4.35. The first-order valence-corrected chi connectivity index (χ1v) is 6.22. The molecule has 0 bridgehead atoms. The summed E-state index contributed by atoms with van der Waals surface area (Å²) in [7, 11) is 0. The van der Waals surface area contributed by atoms with Crippen molar-refractivity contribution in [1.29, 1.82) is 0 Å². The lowest BCUT2D eigenvalue weighted by Gasteiger charge is -2.37. The zero-order valence-electron chi connectivity index (χ0n) is 9.15. The molecule has 82 valence electrons. The lowest BCUT2D eigenvalue weighted by molar-refractivity contribution is 0.359. The highest BCUT2D eigenvalue weighted by Gasteiger charge is 2.26. The van der Waals surface area contributed by atoms with E-state index in [1.807, 2.05) is 12.4 Å². The van der Waals surface area contributed by atoms with E-state index in [0.717, 1.165) is 22.9 Å². The van der Waals surface area contributed by atoms with Crippen molar-refractivity contribution in [3.8, 4) is 0 Å². The van der Waals surface area contributed by atoms with Crippen LogP contribution in [0.4, 0.5) is 5.95 Å². The van der Waals surface area contributed by atoms with Gasteiger partial charge in [0.15, 0.2) is 0 Å². The van der Waals surface area contributed by atoms with Crippen LogP contribution < -0.4 is 4.90 Å². The Bertz CT molecular complexity index is 325. The molecule has 2 atom stereocenters. The van der Waals surface area contributed by atoms with Gasteiger partial charge in [-0.1, -0.05) is 6.92 Å². The molecular weight excluding hydrogens is 254 g/mol. The Kier molecular flexibility index (Phi) is 3.24. The summed E-state index contributed by atoms with van der Waals surface area (Å²) >= 11 is 3.35. The molecule has 1 aliphatic heterocycles. The van der Waals surface area contributed by atoms with E-state index in [0.29, 0.717) is 6.04 Å². The number of anilines is 1. The summed E-state index contributed by atoms with van der Waals surface area (Å²) in [6.45, 7) is 5.64. The fourth-order valence-electron chi connectivity index (χ4n) is 2.07. The summed E-state index contributed by atoms with van der Waals surface area (Å²) in [5.41, 5.74) is 0. The van der Waals surface area contributed by atoms with Crippen molar-refractivity contribution >= 4 is 21.9 Å². The van der Waals surface area contributed by atoms with Crippen molar-refractivity contribution in [1.82, 2.24) is 9.97 Å². The topological polar surface area (TPSA) is 29.0 Å². The van der Waals surface area contributed by atoms with Crippen molar-refractivity contribution in [2.45, 2.75) is 32.7 Å². The third-order valence-corrected chi connectivity index (χ3v) is 3.65. The first kappa shape index (κ1) is 10.9. The molecule has 0 radical (unpaired) electrons. The normalized spacial score (nSPS) is 26.7. The Morgan fingerprint density at radius 1 is 1.33 bits per heavy atom. The molecule has 0 amide bonds. The van der Waals surface area contributed by atoms with Gasteiger partial charge >= 0.3 is 0 Å². The predicted molar refractivity (Wildman–Crippen MR) is 64.9 cm³/mol. The molecule has 15 heavy (non-hydrogen) atoms. The minimum absolute atomic E-state index is 0.542. The van der Waals surface area contributed by atoms with Crippen LogP contribution in [-0.4, -0.2) is 22.6 Å². The molecule has 2 unspecified atom stereocenters. The van der Waals surface area contributed by atoms with Crippen LogP contribution in [0.1, 0.15) is 26.7 Å². The van der Waals surface area contributed by atoms with E-state index in [-0.39, 0.29) is 0 Å². The number of nitrogens with zero attached hydrogens (tertiary/aromatic N) is 3. The predicted octanol–water partition coefficient (Wildman–Crippen LogP) is 2.86.